The summed E-state index contributed by atoms with van der Waals surface area (Å²) in [4.78, 5) is 18.5. The van der Waals surface area contributed by atoms with E-state index in [0.717, 1.165) is 22.6 Å². The van der Waals surface area contributed by atoms with Gasteiger partial charge >= 0.3 is 0 Å². The smallest absolute Gasteiger partial charge is 0.271 e. The van der Waals surface area contributed by atoms with Gasteiger partial charge in [0.25, 0.3) is 5.91 Å². The zero-order chi connectivity index (χ0) is 17.6. The number of rotatable bonds is 6. The Morgan fingerprint density at radius 2 is 1.76 bits per heavy atom. The number of para-hydroxylation sites is 1. The van der Waals surface area contributed by atoms with Crippen LogP contribution in [0.3, 0.4) is 0 Å². The molecular formula is C20H20N2O2S. The first kappa shape index (κ1) is 17.2. The Labute approximate surface area is 151 Å². The van der Waals surface area contributed by atoms with E-state index in [1.54, 1.807) is 0 Å². The Bertz CT molecular complexity index is 831. The number of nitrogens with one attached hydrogen (secondary N) is 1. The van der Waals surface area contributed by atoms with Gasteiger partial charge in [-0.2, -0.15) is 0 Å². The summed E-state index contributed by atoms with van der Waals surface area (Å²) in [6.45, 7) is 4.07. The molecule has 0 aliphatic carbocycles. The highest BCUT2D eigenvalue weighted by molar-refractivity contribution is 7.15. The third-order valence-corrected chi connectivity index (χ3v) is 4.72. The number of amides is 1. The van der Waals surface area contributed by atoms with Crippen LogP contribution in [0.2, 0.25) is 0 Å². The number of anilines is 1. The van der Waals surface area contributed by atoms with Gasteiger partial charge in [-0.1, -0.05) is 55.5 Å². The highest BCUT2D eigenvalue weighted by Crippen LogP contribution is 2.26. The van der Waals surface area contributed by atoms with Crippen molar-refractivity contribution in [3.63, 3.8) is 0 Å². The second-order valence-electron chi connectivity index (χ2n) is 5.59. The zero-order valence-electron chi connectivity index (χ0n) is 14.2. The summed E-state index contributed by atoms with van der Waals surface area (Å²) in [5.41, 5.74) is 1.81. The summed E-state index contributed by atoms with van der Waals surface area (Å²) in [5, 5.41) is 3.51. The van der Waals surface area contributed by atoms with Crippen molar-refractivity contribution in [1.82, 2.24) is 4.98 Å². The van der Waals surface area contributed by atoms with Crippen LogP contribution in [0, 0.1) is 6.92 Å². The number of aromatic nitrogens is 1. The van der Waals surface area contributed by atoms with Gasteiger partial charge < -0.3 is 4.74 Å². The zero-order valence-corrected chi connectivity index (χ0v) is 15.0. The molecule has 1 aromatic heterocycles. The molecule has 4 nitrogen and oxygen atoms in total. The molecule has 1 heterocycles. The van der Waals surface area contributed by atoms with Crippen LogP contribution in [0.5, 0.6) is 5.75 Å². The van der Waals surface area contributed by atoms with E-state index in [1.807, 2.05) is 67.6 Å². The van der Waals surface area contributed by atoms with Crippen LogP contribution < -0.4 is 10.1 Å². The first-order chi connectivity index (χ1) is 12.2. The van der Waals surface area contributed by atoms with Gasteiger partial charge in [-0.05, 0) is 25.5 Å². The number of nitrogens with zero attached hydrogens (tertiary/aromatic N) is 1. The number of thiazole rings is 1. The number of benzene rings is 2. The lowest BCUT2D eigenvalue weighted by Gasteiger charge is -2.18. The molecule has 1 unspecified atom stereocenters. The Balaban J connectivity index is 1.84. The molecule has 0 bridgehead atoms. The maximum absolute atomic E-state index is 12.9. The monoisotopic (exact) mass is 352 g/mol. The van der Waals surface area contributed by atoms with Crippen LogP contribution in [0.15, 0.2) is 60.7 Å². The molecule has 1 N–H and O–H groups in total. The van der Waals surface area contributed by atoms with Crippen molar-refractivity contribution in [3.05, 3.63) is 76.8 Å². The van der Waals surface area contributed by atoms with Gasteiger partial charge in [0, 0.05) is 10.4 Å². The maximum atomic E-state index is 12.9. The fourth-order valence-electron chi connectivity index (χ4n) is 2.52. The van der Waals surface area contributed by atoms with Crippen molar-refractivity contribution < 1.29 is 9.53 Å². The van der Waals surface area contributed by atoms with Crippen LogP contribution in [0.1, 0.15) is 29.2 Å². The largest absolute Gasteiger partial charge is 0.476 e. The lowest BCUT2D eigenvalue weighted by molar-refractivity contribution is -0.123. The van der Waals surface area contributed by atoms with Gasteiger partial charge in [0.05, 0.1) is 5.69 Å². The first-order valence-electron chi connectivity index (χ1n) is 8.21. The standard InChI is InChI=1S/C20H20N2O2S/c1-3-17-14(2)25-20(21-17)22-19(23)18(15-10-6-4-7-11-15)24-16-12-8-5-9-13-16/h4-13,18H,3H2,1-2H3,(H,21,22,23). The summed E-state index contributed by atoms with van der Waals surface area (Å²) in [5.74, 6) is 0.419. The first-order valence-corrected chi connectivity index (χ1v) is 9.03. The normalized spacial score (nSPS) is 11.8. The minimum absolute atomic E-state index is 0.230. The molecule has 1 amide bonds. The van der Waals surface area contributed by atoms with E-state index >= 15 is 0 Å². The molecule has 0 saturated heterocycles. The number of ether oxygens (including phenoxy) is 1. The average Bonchev–Trinajstić information content (AvgIpc) is 3.00. The van der Waals surface area contributed by atoms with Gasteiger partial charge in [0.2, 0.25) is 6.10 Å². The van der Waals surface area contributed by atoms with E-state index < -0.39 is 6.10 Å². The third-order valence-electron chi connectivity index (χ3n) is 3.80. The van der Waals surface area contributed by atoms with Crippen molar-refractivity contribution in [2.45, 2.75) is 26.4 Å². The van der Waals surface area contributed by atoms with Crippen LogP contribution >= 0.6 is 11.3 Å². The summed E-state index contributed by atoms with van der Waals surface area (Å²) in [6, 6.07) is 18.8. The highest BCUT2D eigenvalue weighted by Gasteiger charge is 2.24. The summed E-state index contributed by atoms with van der Waals surface area (Å²) >= 11 is 1.49. The second-order valence-corrected chi connectivity index (χ2v) is 6.79. The van der Waals surface area contributed by atoms with Crippen LogP contribution in [-0.4, -0.2) is 10.9 Å². The lowest BCUT2D eigenvalue weighted by atomic mass is 10.1. The van der Waals surface area contributed by atoms with E-state index in [2.05, 4.69) is 17.2 Å². The van der Waals surface area contributed by atoms with E-state index in [1.165, 1.54) is 11.3 Å². The molecule has 0 saturated carbocycles. The molecule has 0 aliphatic rings. The minimum atomic E-state index is -0.738. The number of carbonyl (C=O) groups excluding carboxylic acids is 1. The topological polar surface area (TPSA) is 51.2 Å². The quantitative estimate of drug-likeness (QED) is 0.695. The Morgan fingerprint density at radius 1 is 1.12 bits per heavy atom. The van der Waals surface area contributed by atoms with E-state index in [0.29, 0.717) is 10.9 Å². The van der Waals surface area contributed by atoms with E-state index in [-0.39, 0.29) is 5.91 Å². The fraction of sp³-hybridized carbons (Fsp3) is 0.200. The molecule has 3 aromatic rings. The Kier molecular flexibility index (Phi) is 5.46. The van der Waals surface area contributed by atoms with Gasteiger partial charge in [0.1, 0.15) is 5.75 Å². The predicted molar refractivity (Wildman–Crippen MR) is 101 cm³/mol. The molecule has 128 valence electrons. The van der Waals surface area contributed by atoms with Crippen LogP contribution in [0.25, 0.3) is 0 Å². The maximum Gasteiger partial charge on any atom is 0.271 e. The second kappa shape index (κ2) is 7.94. The lowest BCUT2D eigenvalue weighted by Crippen LogP contribution is -2.25. The van der Waals surface area contributed by atoms with Crippen molar-refractivity contribution in [3.8, 4) is 5.75 Å². The van der Waals surface area contributed by atoms with Gasteiger partial charge in [-0.25, -0.2) is 4.98 Å². The van der Waals surface area contributed by atoms with Crippen LogP contribution in [-0.2, 0) is 11.2 Å². The molecule has 0 radical (unpaired) electrons. The number of hydrogen-bond donors (Lipinski definition) is 1. The third kappa shape index (κ3) is 4.25. The van der Waals surface area contributed by atoms with E-state index in [4.69, 9.17) is 4.74 Å². The molecule has 25 heavy (non-hydrogen) atoms. The molecule has 2 aromatic carbocycles. The molecule has 0 aliphatic heterocycles. The van der Waals surface area contributed by atoms with Crippen LogP contribution in [0.4, 0.5) is 5.13 Å². The average molecular weight is 352 g/mol. The summed E-state index contributed by atoms with van der Waals surface area (Å²) < 4.78 is 5.96. The van der Waals surface area contributed by atoms with Crippen molar-refractivity contribution in [1.29, 1.82) is 0 Å². The minimum Gasteiger partial charge on any atom is -0.476 e. The molecular weight excluding hydrogens is 332 g/mol. The Morgan fingerprint density at radius 3 is 2.36 bits per heavy atom. The fourth-order valence-corrected chi connectivity index (χ4v) is 3.42. The number of hydrogen-bond acceptors (Lipinski definition) is 4. The van der Waals surface area contributed by atoms with Gasteiger partial charge in [-0.15, -0.1) is 11.3 Å². The van der Waals surface area contributed by atoms with Crippen molar-refractivity contribution in [2.75, 3.05) is 5.32 Å². The number of aryl methyl sites for hydroxylation is 2. The number of carbonyl (C=O) groups is 1. The summed E-state index contributed by atoms with van der Waals surface area (Å²) in [6.07, 6.45) is 0.110. The SMILES string of the molecule is CCc1nc(NC(=O)C(Oc2ccccc2)c2ccccc2)sc1C. The Hall–Kier alpha value is -2.66. The van der Waals surface area contributed by atoms with Crippen molar-refractivity contribution >= 4 is 22.4 Å². The predicted octanol–water partition coefficient (Wildman–Crippen LogP) is 4.77. The van der Waals surface area contributed by atoms with Crippen molar-refractivity contribution in [2.24, 2.45) is 0 Å². The summed E-state index contributed by atoms with van der Waals surface area (Å²) in [7, 11) is 0. The highest BCUT2D eigenvalue weighted by atomic mass is 32.1. The van der Waals surface area contributed by atoms with E-state index in [9.17, 15) is 4.79 Å². The van der Waals surface area contributed by atoms with Gasteiger partial charge in [-0.3, -0.25) is 10.1 Å². The van der Waals surface area contributed by atoms with Gasteiger partial charge in [0.15, 0.2) is 5.13 Å². The molecule has 5 heteroatoms. The molecule has 0 fully saturated rings. The molecule has 3 rings (SSSR count). The molecule has 1 atom stereocenters. The molecule has 0 spiro atoms.